The maximum atomic E-state index is 11.3. The third kappa shape index (κ3) is 0.939. The van der Waals surface area contributed by atoms with Gasteiger partial charge in [0.1, 0.15) is 0 Å². The summed E-state index contributed by atoms with van der Waals surface area (Å²) in [5, 5.41) is 11.3. The van der Waals surface area contributed by atoms with Crippen LogP contribution in [0.5, 0.6) is 0 Å². The summed E-state index contributed by atoms with van der Waals surface area (Å²) in [4.78, 5) is 0. The molecule has 0 aromatic carbocycles. The van der Waals surface area contributed by atoms with Crippen LogP contribution in [0.3, 0.4) is 0 Å². The molecule has 0 unspecified atom stereocenters. The van der Waals surface area contributed by atoms with Crippen LogP contribution in [0.25, 0.3) is 0 Å². The van der Waals surface area contributed by atoms with Crippen LogP contribution in [-0.2, 0) is 0 Å². The Morgan fingerprint density at radius 1 is 1.06 bits per heavy atom. The van der Waals surface area contributed by atoms with Gasteiger partial charge in [0.15, 0.2) is 0 Å². The molecule has 4 fully saturated rings. The Hall–Kier alpha value is -0.0400. The Balaban J connectivity index is 2.13. The van der Waals surface area contributed by atoms with Crippen LogP contribution < -0.4 is 0 Å². The zero-order valence-electron chi connectivity index (χ0n) is 11.2. The third-order valence-corrected chi connectivity index (χ3v) is 7.05. The molecule has 1 nitrogen and oxygen atoms in total. The summed E-state index contributed by atoms with van der Waals surface area (Å²) in [5.74, 6) is 2.36. The van der Waals surface area contributed by atoms with Crippen LogP contribution in [-0.4, -0.2) is 10.7 Å². The van der Waals surface area contributed by atoms with E-state index in [4.69, 9.17) is 0 Å². The quantitative estimate of drug-likeness (QED) is 0.664. The fourth-order valence-electron chi connectivity index (χ4n) is 5.69. The molecule has 0 amide bonds. The minimum atomic E-state index is -0.391. The Morgan fingerprint density at radius 3 is 2.44 bits per heavy atom. The highest BCUT2D eigenvalue weighted by molar-refractivity contribution is 5.19. The van der Waals surface area contributed by atoms with Crippen LogP contribution in [0.15, 0.2) is 0 Å². The number of rotatable bonds is 0. The van der Waals surface area contributed by atoms with E-state index in [9.17, 15) is 5.11 Å². The zero-order valence-corrected chi connectivity index (χ0v) is 11.2. The van der Waals surface area contributed by atoms with Crippen molar-refractivity contribution in [1.82, 2.24) is 0 Å². The van der Waals surface area contributed by atoms with Crippen molar-refractivity contribution in [2.45, 2.75) is 65.4 Å². The van der Waals surface area contributed by atoms with Crippen molar-refractivity contribution in [2.24, 2.45) is 28.6 Å². The van der Waals surface area contributed by atoms with Gasteiger partial charge in [-0.3, -0.25) is 0 Å². The molecule has 0 aromatic heterocycles. The average molecular weight is 222 g/mol. The summed E-state index contributed by atoms with van der Waals surface area (Å²) in [6.45, 7) is 9.43. The molecule has 0 spiro atoms. The fourth-order valence-corrected chi connectivity index (χ4v) is 5.69. The molecule has 4 aliphatic carbocycles. The summed E-state index contributed by atoms with van der Waals surface area (Å²) >= 11 is 0. The van der Waals surface area contributed by atoms with Gasteiger partial charge in [0, 0.05) is 0 Å². The molecule has 4 saturated carbocycles. The highest BCUT2D eigenvalue weighted by Gasteiger charge is 2.69. The second-order valence-corrected chi connectivity index (χ2v) is 7.59. The molecule has 0 saturated heterocycles. The normalized spacial score (nSPS) is 58.7. The van der Waals surface area contributed by atoms with E-state index in [2.05, 4.69) is 27.7 Å². The highest BCUT2D eigenvalue weighted by atomic mass is 16.3. The van der Waals surface area contributed by atoms with E-state index in [1.165, 1.54) is 25.7 Å². The predicted octanol–water partition coefficient (Wildman–Crippen LogP) is 3.61. The van der Waals surface area contributed by atoms with E-state index in [0.717, 1.165) is 24.2 Å². The van der Waals surface area contributed by atoms with Crippen molar-refractivity contribution in [1.29, 1.82) is 0 Å². The first-order chi connectivity index (χ1) is 7.33. The van der Waals surface area contributed by atoms with E-state index in [1.54, 1.807) is 0 Å². The molecule has 92 valence electrons. The first-order valence-electron chi connectivity index (χ1n) is 7.05. The lowest BCUT2D eigenvalue weighted by Gasteiger charge is -2.71. The van der Waals surface area contributed by atoms with Crippen molar-refractivity contribution in [3.8, 4) is 0 Å². The van der Waals surface area contributed by atoms with Crippen molar-refractivity contribution in [2.75, 3.05) is 0 Å². The summed E-state index contributed by atoms with van der Waals surface area (Å²) < 4.78 is 0. The molecule has 4 rings (SSSR count). The zero-order chi connectivity index (χ0) is 11.8. The lowest BCUT2D eigenvalue weighted by atomic mass is 9.35. The Bertz CT molecular complexity index is 321. The second-order valence-electron chi connectivity index (χ2n) is 7.59. The van der Waals surface area contributed by atoms with Gasteiger partial charge in [-0.25, -0.2) is 0 Å². The number of aliphatic hydroxyl groups is 1. The van der Waals surface area contributed by atoms with Crippen molar-refractivity contribution in [3.05, 3.63) is 0 Å². The van der Waals surface area contributed by atoms with Crippen molar-refractivity contribution < 1.29 is 5.11 Å². The summed E-state index contributed by atoms with van der Waals surface area (Å²) in [7, 11) is 0. The molecule has 0 aliphatic heterocycles. The fraction of sp³-hybridized carbons (Fsp3) is 1.00. The average Bonchev–Trinajstić information content (AvgIpc) is 2.22. The van der Waals surface area contributed by atoms with E-state index < -0.39 is 5.60 Å². The first-order valence-corrected chi connectivity index (χ1v) is 7.05. The Labute approximate surface area is 99.6 Å². The number of hydrogen-bond acceptors (Lipinski definition) is 1. The standard InChI is InChI=1S/C15H26O/c1-10-5-8-15(16)13(2,3)11-6-7-14(15,4)12(10)9-11/h10-12,16H,5-9H2,1-4H3/t10-,11-,12-,14+,15-/m1/s1. The molecule has 1 heteroatoms. The molecule has 4 aliphatic rings. The highest BCUT2D eigenvalue weighted by Crippen LogP contribution is 2.71. The van der Waals surface area contributed by atoms with Gasteiger partial charge in [-0.15, -0.1) is 0 Å². The number of fused-ring (bicyclic) bond motifs is 1. The van der Waals surface area contributed by atoms with Crippen molar-refractivity contribution in [3.63, 3.8) is 0 Å². The maximum absolute atomic E-state index is 11.3. The molecule has 0 aromatic rings. The van der Waals surface area contributed by atoms with Crippen molar-refractivity contribution >= 4 is 0 Å². The van der Waals surface area contributed by atoms with Gasteiger partial charge in [0.05, 0.1) is 5.60 Å². The van der Waals surface area contributed by atoms with Gasteiger partial charge in [-0.2, -0.15) is 0 Å². The lowest BCUT2D eigenvalue weighted by molar-refractivity contribution is -0.291. The molecular weight excluding hydrogens is 196 g/mol. The Morgan fingerprint density at radius 2 is 1.75 bits per heavy atom. The molecule has 16 heavy (non-hydrogen) atoms. The van der Waals surface area contributed by atoms with Gasteiger partial charge in [0.2, 0.25) is 0 Å². The maximum Gasteiger partial charge on any atom is 0.0757 e. The smallest absolute Gasteiger partial charge is 0.0757 e. The van der Waals surface area contributed by atoms with E-state index in [-0.39, 0.29) is 10.8 Å². The Kier molecular flexibility index (Phi) is 1.98. The summed E-state index contributed by atoms with van der Waals surface area (Å²) in [6, 6.07) is 0. The van der Waals surface area contributed by atoms with Gasteiger partial charge in [-0.05, 0) is 60.7 Å². The van der Waals surface area contributed by atoms with Gasteiger partial charge < -0.3 is 5.11 Å². The molecule has 5 atom stereocenters. The van der Waals surface area contributed by atoms with Gasteiger partial charge in [-0.1, -0.05) is 27.7 Å². The SMILES string of the molecule is C[C@@H]1CC[C@@]2(O)C(C)(C)[C@@H]3CC[C@@]2(C)[C@@H]1C3. The second kappa shape index (κ2) is 2.85. The molecule has 1 N–H and O–H groups in total. The van der Waals surface area contributed by atoms with Crippen LogP contribution >= 0.6 is 0 Å². The largest absolute Gasteiger partial charge is 0.389 e. The topological polar surface area (TPSA) is 20.2 Å². The van der Waals surface area contributed by atoms with E-state index in [0.29, 0.717) is 0 Å². The van der Waals surface area contributed by atoms with Crippen LogP contribution in [0.4, 0.5) is 0 Å². The summed E-state index contributed by atoms with van der Waals surface area (Å²) in [5.41, 5.74) is -0.0576. The lowest BCUT2D eigenvalue weighted by Crippen LogP contribution is -2.71. The van der Waals surface area contributed by atoms with Gasteiger partial charge >= 0.3 is 0 Å². The van der Waals surface area contributed by atoms with E-state index >= 15 is 0 Å². The van der Waals surface area contributed by atoms with Crippen LogP contribution in [0.1, 0.15) is 59.8 Å². The third-order valence-electron chi connectivity index (χ3n) is 7.05. The van der Waals surface area contributed by atoms with Crippen LogP contribution in [0, 0.1) is 28.6 Å². The predicted molar refractivity (Wildman–Crippen MR) is 66.1 cm³/mol. The van der Waals surface area contributed by atoms with E-state index in [1.807, 2.05) is 0 Å². The number of hydrogen-bond donors (Lipinski definition) is 1. The molecule has 0 radical (unpaired) electrons. The monoisotopic (exact) mass is 222 g/mol. The minimum Gasteiger partial charge on any atom is -0.389 e. The molecular formula is C15H26O. The summed E-state index contributed by atoms with van der Waals surface area (Å²) in [6.07, 6.45) is 6.23. The van der Waals surface area contributed by atoms with Crippen LogP contribution in [0.2, 0.25) is 0 Å². The molecule has 0 heterocycles. The minimum absolute atomic E-state index is 0.136. The first kappa shape index (κ1) is 11.1. The van der Waals surface area contributed by atoms with Gasteiger partial charge in [0.25, 0.3) is 0 Å². The molecule has 4 bridgehead atoms.